The van der Waals surface area contributed by atoms with E-state index in [-0.39, 0.29) is 29.9 Å². The molecule has 1 aliphatic carbocycles. The summed E-state index contributed by atoms with van der Waals surface area (Å²) in [6.07, 6.45) is 1.35. The van der Waals surface area contributed by atoms with Gasteiger partial charge in [0.15, 0.2) is 0 Å². The summed E-state index contributed by atoms with van der Waals surface area (Å²) in [5.74, 6) is -0.574. The number of carbonyl (C=O) groups excluding carboxylic acids is 2. The van der Waals surface area contributed by atoms with Crippen LogP contribution in [0.4, 0.5) is 24.2 Å². The van der Waals surface area contributed by atoms with Crippen molar-refractivity contribution in [2.24, 2.45) is 5.92 Å². The van der Waals surface area contributed by atoms with Gasteiger partial charge in [-0.1, -0.05) is 31.6 Å². The van der Waals surface area contributed by atoms with Crippen LogP contribution in [0.1, 0.15) is 37.2 Å². The number of amides is 2. The van der Waals surface area contributed by atoms with E-state index in [1.807, 2.05) is 0 Å². The summed E-state index contributed by atoms with van der Waals surface area (Å²) >= 11 is 0. The van der Waals surface area contributed by atoms with E-state index in [4.69, 9.17) is 4.74 Å². The maximum atomic E-state index is 13.1. The summed E-state index contributed by atoms with van der Waals surface area (Å²) in [4.78, 5) is 23.6. The molecule has 11 heteroatoms. The zero-order valence-corrected chi connectivity index (χ0v) is 16.2. The Morgan fingerprint density at radius 2 is 1.79 bits per heavy atom. The standard InChI is InChI=1S/C18H21F5N2O3S/c19-29(20,21,22,23)15-3-1-2-13(8-15)12-4-6-25(7-5-12)16(26)14-9-18(10-14)11-28-17(27)24-18/h1-3,8,12,14H,4-7,9-11H2,(H,24,27). The van der Waals surface area contributed by atoms with Crippen molar-refractivity contribution < 1.29 is 33.8 Å². The fourth-order valence-electron chi connectivity index (χ4n) is 4.47. The number of cyclic esters (lactones) is 1. The Bertz CT molecular complexity index is 862. The number of piperidine rings is 1. The first-order chi connectivity index (χ1) is 13.2. The molecule has 4 rings (SSSR count). The van der Waals surface area contributed by atoms with Gasteiger partial charge in [-0.25, -0.2) is 4.79 Å². The Labute approximate surface area is 164 Å². The van der Waals surface area contributed by atoms with Crippen LogP contribution >= 0.6 is 10.2 Å². The molecule has 0 aromatic heterocycles. The van der Waals surface area contributed by atoms with Crippen molar-refractivity contribution in [1.82, 2.24) is 10.2 Å². The Kier molecular flexibility index (Phi) is 4.02. The molecule has 1 spiro atoms. The number of likely N-dealkylation sites (tertiary alicyclic amines) is 1. The number of nitrogens with one attached hydrogen (secondary N) is 1. The van der Waals surface area contributed by atoms with Crippen LogP contribution in [0.15, 0.2) is 29.2 Å². The van der Waals surface area contributed by atoms with E-state index < -0.39 is 26.8 Å². The highest BCUT2D eigenvalue weighted by molar-refractivity contribution is 8.45. The molecular formula is C18H21F5N2O3S. The van der Waals surface area contributed by atoms with Crippen molar-refractivity contribution in [3.8, 4) is 0 Å². The first-order valence-corrected chi connectivity index (χ1v) is 11.3. The number of rotatable bonds is 3. The van der Waals surface area contributed by atoms with Crippen molar-refractivity contribution in [1.29, 1.82) is 0 Å². The van der Waals surface area contributed by atoms with Gasteiger partial charge in [-0.15, -0.1) is 0 Å². The third kappa shape index (κ3) is 4.01. The van der Waals surface area contributed by atoms with E-state index >= 15 is 0 Å². The lowest BCUT2D eigenvalue weighted by atomic mass is 9.68. The molecule has 0 unspecified atom stereocenters. The number of carbonyl (C=O) groups is 2. The maximum absolute atomic E-state index is 13.1. The molecule has 2 aliphatic heterocycles. The average Bonchev–Trinajstić information content (AvgIpc) is 3.00. The van der Waals surface area contributed by atoms with Gasteiger partial charge in [0.25, 0.3) is 0 Å². The average molecular weight is 440 g/mol. The van der Waals surface area contributed by atoms with Crippen LogP contribution in [-0.2, 0) is 9.53 Å². The summed E-state index contributed by atoms with van der Waals surface area (Å²) in [7, 11) is -9.71. The number of hydrogen-bond donors (Lipinski definition) is 1. The van der Waals surface area contributed by atoms with E-state index in [0.717, 1.165) is 6.07 Å². The molecule has 2 amide bonds. The monoisotopic (exact) mass is 440 g/mol. The molecule has 1 saturated carbocycles. The molecule has 0 atom stereocenters. The lowest BCUT2D eigenvalue weighted by Crippen LogP contribution is -2.58. The fourth-order valence-corrected chi connectivity index (χ4v) is 5.16. The molecule has 162 valence electrons. The minimum atomic E-state index is -9.71. The predicted octanol–water partition coefficient (Wildman–Crippen LogP) is 4.94. The third-order valence-corrected chi connectivity index (χ3v) is 7.20. The summed E-state index contributed by atoms with van der Waals surface area (Å²) in [6, 6.07) is 3.38. The smallest absolute Gasteiger partial charge is 0.407 e. The lowest BCUT2D eigenvalue weighted by molar-refractivity contribution is -0.142. The van der Waals surface area contributed by atoms with Gasteiger partial charge in [-0.3, -0.25) is 4.79 Å². The van der Waals surface area contributed by atoms with Crippen LogP contribution in [0.3, 0.4) is 0 Å². The molecule has 0 bridgehead atoms. The molecule has 3 aliphatic rings. The molecule has 29 heavy (non-hydrogen) atoms. The van der Waals surface area contributed by atoms with Crippen LogP contribution in [0, 0.1) is 5.92 Å². The first-order valence-electron chi connectivity index (χ1n) is 9.33. The molecule has 1 aromatic carbocycles. The van der Waals surface area contributed by atoms with E-state index in [0.29, 0.717) is 50.9 Å². The number of ether oxygens (including phenoxy) is 1. The minimum Gasteiger partial charge on any atom is -0.447 e. The van der Waals surface area contributed by atoms with Crippen LogP contribution < -0.4 is 5.32 Å². The van der Waals surface area contributed by atoms with Gasteiger partial charge in [0.1, 0.15) is 11.5 Å². The van der Waals surface area contributed by atoms with E-state index in [9.17, 15) is 29.0 Å². The number of benzene rings is 1. The second kappa shape index (κ2) is 5.77. The SMILES string of the molecule is O=C1NC2(CO1)CC(C(=O)N1CCC(c3cccc(S(F)(F)(F)(F)F)c3)CC1)C2. The van der Waals surface area contributed by atoms with Gasteiger partial charge in [-0.05, 0) is 49.3 Å². The normalized spacial score (nSPS) is 30.2. The Hall–Kier alpha value is -2.04. The Morgan fingerprint density at radius 1 is 1.14 bits per heavy atom. The quantitative estimate of drug-likeness (QED) is 0.678. The van der Waals surface area contributed by atoms with Gasteiger partial charge in [0, 0.05) is 19.0 Å². The van der Waals surface area contributed by atoms with Crippen molar-refractivity contribution >= 4 is 22.2 Å². The van der Waals surface area contributed by atoms with Crippen LogP contribution in [0.2, 0.25) is 0 Å². The van der Waals surface area contributed by atoms with Crippen molar-refractivity contribution in [3.05, 3.63) is 29.8 Å². The van der Waals surface area contributed by atoms with Crippen LogP contribution in [0.5, 0.6) is 0 Å². The number of hydrogen-bond acceptors (Lipinski definition) is 3. The van der Waals surface area contributed by atoms with Crippen molar-refractivity contribution in [2.75, 3.05) is 19.7 Å². The topological polar surface area (TPSA) is 58.6 Å². The fraction of sp³-hybridized carbons (Fsp3) is 0.556. The number of halogens is 5. The van der Waals surface area contributed by atoms with Crippen LogP contribution in [-0.4, -0.2) is 42.1 Å². The number of alkyl carbamates (subject to hydrolysis) is 1. The first kappa shape index (κ1) is 20.2. The van der Waals surface area contributed by atoms with Gasteiger partial charge < -0.3 is 15.0 Å². The van der Waals surface area contributed by atoms with Gasteiger partial charge in [0.2, 0.25) is 5.91 Å². The maximum Gasteiger partial charge on any atom is 0.407 e. The Balaban J connectivity index is 1.36. The third-order valence-electron chi connectivity index (χ3n) is 6.05. The second-order valence-electron chi connectivity index (χ2n) is 8.23. The highest BCUT2D eigenvalue weighted by atomic mass is 32.5. The molecular weight excluding hydrogens is 419 g/mol. The molecule has 5 nitrogen and oxygen atoms in total. The zero-order chi connectivity index (χ0) is 21.1. The highest BCUT2D eigenvalue weighted by Gasteiger charge is 2.65. The van der Waals surface area contributed by atoms with Crippen LogP contribution in [0.25, 0.3) is 0 Å². The largest absolute Gasteiger partial charge is 0.447 e. The predicted molar refractivity (Wildman–Crippen MR) is 96.3 cm³/mol. The second-order valence-corrected chi connectivity index (χ2v) is 10.6. The Morgan fingerprint density at radius 3 is 2.34 bits per heavy atom. The lowest BCUT2D eigenvalue weighted by Gasteiger charge is -2.45. The minimum absolute atomic E-state index is 0.0454. The highest BCUT2D eigenvalue weighted by Crippen LogP contribution is 3.02. The van der Waals surface area contributed by atoms with Gasteiger partial charge >= 0.3 is 16.3 Å². The molecule has 2 heterocycles. The zero-order valence-electron chi connectivity index (χ0n) is 15.4. The van der Waals surface area contributed by atoms with E-state index in [1.165, 1.54) is 6.07 Å². The summed E-state index contributed by atoms with van der Waals surface area (Å²) < 4.78 is 70.2. The molecule has 0 radical (unpaired) electrons. The number of nitrogens with zero attached hydrogens (tertiary/aromatic N) is 1. The summed E-state index contributed by atoms with van der Waals surface area (Å²) in [5, 5.41) is 2.72. The summed E-state index contributed by atoms with van der Waals surface area (Å²) in [6.45, 7) is 0.965. The van der Waals surface area contributed by atoms with Crippen molar-refractivity contribution in [3.63, 3.8) is 0 Å². The molecule has 1 N–H and O–H groups in total. The summed E-state index contributed by atoms with van der Waals surface area (Å²) in [5.41, 5.74) is -0.238. The molecule has 2 saturated heterocycles. The molecule has 3 fully saturated rings. The van der Waals surface area contributed by atoms with E-state index in [1.54, 1.807) is 4.90 Å². The van der Waals surface area contributed by atoms with Crippen molar-refractivity contribution in [2.45, 2.75) is 42.0 Å². The van der Waals surface area contributed by atoms with Gasteiger partial charge in [0.05, 0.1) is 5.54 Å². The van der Waals surface area contributed by atoms with Gasteiger partial charge in [-0.2, -0.15) is 0 Å². The van der Waals surface area contributed by atoms with E-state index in [2.05, 4.69) is 5.32 Å². The molecule has 1 aromatic rings.